The number of nitrogens with zero attached hydrogens (tertiary/aromatic N) is 2. The van der Waals surface area contributed by atoms with Crippen LogP contribution in [0.25, 0.3) is 0 Å². The first-order chi connectivity index (χ1) is 21.5. The quantitative estimate of drug-likeness (QED) is 0.192. The molecule has 45 heavy (non-hydrogen) atoms. The molecular formula is C35H38ClN3O5S. The van der Waals surface area contributed by atoms with E-state index in [1.165, 1.54) is 23.1 Å². The molecule has 0 aliphatic carbocycles. The summed E-state index contributed by atoms with van der Waals surface area (Å²) in [6.45, 7) is 5.02. The van der Waals surface area contributed by atoms with Crippen LogP contribution < -0.4 is 14.4 Å². The van der Waals surface area contributed by atoms with Crippen LogP contribution in [0.4, 0.5) is 5.69 Å². The molecule has 1 N–H and O–H groups in total. The molecule has 0 spiro atoms. The third-order valence-corrected chi connectivity index (χ3v) is 9.20. The second-order valence-electron chi connectivity index (χ2n) is 11.0. The highest BCUT2D eigenvalue weighted by Crippen LogP contribution is 2.27. The number of carbonyl (C=O) groups is 2. The zero-order chi connectivity index (χ0) is 32.6. The van der Waals surface area contributed by atoms with Crippen LogP contribution in [0.15, 0.2) is 108 Å². The highest BCUT2D eigenvalue weighted by Gasteiger charge is 2.35. The first-order valence-corrected chi connectivity index (χ1v) is 16.4. The third kappa shape index (κ3) is 8.86. The molecule has 236 valence electrons. The largest absolute Gasteiger partial charge is 0.497 e. The summed E-state index contributed by atoms with van der Waals surface area (Å²) in [4.78, 5) is 29.8. The van der Waals surface area contributed by atoms with Crippen molar-refractivity contribution in [2.45, 2.75) is 50.7 Å². The average Bonchev–Trinajstić information content (AvgIpc) is 3.01. The topological polar surface area (TPSA) is 96.0 Å². The van der Waals surface area contributed by atoms with E-state index in [4.69, 9.17) is 16.3 Å². The fourth-order valence-corrected chi connectivity index (χ4v) is 6.49. The van der Waals surface area contributed by atoms with Crippen molar-refractivity contribution in [3.8, 4) is 5.75 Å². The maximum atomic E-state index is 14.5. The van der Waals surface area contributed by atoms with Gasteiger partial charge in [0.2, 0.25) is 11.8 Å². The highest BCUT2D eigenvalue weighted by atomic mass is 35.5. The molecule has 0 bridgehead atoms. The number of hydrogen-bond acceptors (Lipinski definition) is 5. The van der Waals surface area contributed by atoms with Crippen molar-refractivity contribution in [2.24, 2.45) is 0 Å². The fraction of sp³-hybridized carbons (Fsp3) is 0.257. The average molecular weight is 648 g/mol. The minimum atomic E-state index is -4.22. The Hall–Kier alpha value is -4.34. The molecule has 4 rings (SSSR count). The van der Waals surface area contributed by atoms with Crippen molar-refractivity contribution < 1.29 is 22.7 Å². The zero-order valence-corrected chi connectivity index (χ0v) is 27.4. The van der Waals surface area contributed by atoms with Crippen LogP contribution in [-0.2, 0) is 32.6 Å². The number of anilines is 1. The van der Waals surface area contributed by atoms with E-state index in [0.717, 1.165) is 15.4 Å². The van der Waals surface area contributed by atoms with Gasteiger partial charge in [-0.3, -0.25) is 13.9 Å². The van der Waals surface area contributed by atoms with Gasteiger partial charge in [0.15, 0.2) is 0 Å². The molecule has 0 saturated carbocycles. The van der Waals surface area contributed by atoms with Gasteiger partial charge < -0.3 is 15.0 Å². The van der Waals surface area contributed by atoms with E-state index < -0.39 is 28.5 Å². The van der Waals surface area contributed by atoms with Gasteiger partial charge >= 0.3 is 0 Å². The lowest BCUT2D eigenvalue weighted by Crippen LogP contribution is -2.54. The molecule has 0 saturated heterocycles. The lowest BCUT2D eigenvalue weighted by molar-refractivity contribution is -0.140. The Morgan fingerprint density at radius 1 is 0.867 bits per heavy atom. The Balaban J connectivity index is 1.82. The first-order valence-electron chi connectivity index (χ1n) is 14.6. The summed E-state index contributed by atoms with van der Waals surface area (Å²) < 4.78 is 34.7. The Morgan fingerprint density at radius 2 is 1.53 bits per heavy atom. The lowest BCUT2D eigenvalue weighted by Gasteiger charge is -2.34. The van der Waals surface area contributed by atoms with Crippen molar-refractivity contribution in [1.82, 2.24) is 10.2 Å². The van der Waals surface area contributed by atoms with Crippen molar-refractivity contribution in [3.05, 3.63) is 125 Å². The lowest BCUT2D eigenvalue weighted by atomic mass is 10.0. The van der Waals surface area contributed by atoms with Gasteiger partial charge in [-0.2, -0.15) is 0 Å². The van der Waals surface area contributed by atoms with Gasteiger partial charge in [0.05, 0.1) is 17.7 Å². The monoisotopic (exact) mass is 647 g/mol. The number of methoxy groups -OCH3 is 1. The Kier molecular flexibility index (Phi) is 11.3. The number of rotatable bonds is 13. The molecule has 0 aromatic heterocycles. The van der Waals surface area contributed by atoms with E-state index in [0.29, 0.717) is 16.3 Å². The summed E-state index contributed by atoms with van der Waals surface area (Å²) in [5.74, 6) is -0.317. The van der Waals surface area contributed by atoms with E-state index in [1.807, 2.05) is 57.2 Å². The summed E-state index contributed by atoms with van der Waals surface area (Å²) in [5, 5.41) is 3.27. The minimum absolute atomic E-state index is 0.0265. The second-order valence-corrected chi connectivity index (χ2v) is 13.3. The number of hydrogen-bond donors (Lipinski definition) is 1. The number of amides is 2. The van der Waals surface area contributed by atoms with Gasteiger partial charge in [0.1, 0.15) is 18.3 Å². The predicted octanol–water partition coefficient (Wildman–Crippen LogP) is 6.02. The van der Waals surface area contributed by atoms with Crippen LogP contribution in [0, 0.1) is 6.92 Å². The summed E-state index contributed by atoms with van der Waals surface area (Å²) in [5.41, 5.74) is 2.69. The van der Waals surface area contributed by atoms with Gasteiger partial charge in [0.25, 0.3) is 10.0 Å². The maximum Gasteiger partial charge on any atom is 0.264 e. The Bertz CT molecular complexity index is 1710. The van der Waals surface area contributed by atoms with Gasteiger partial charge in [0, 0.05) is 24.0 Å². The first kappa shape index (κ1) is 33.6. The van der Waals surface area contributed by atoms with Gasteiger partial charge in [-0.25, -0.2) is 8.42 Å². The number of aryl methyl sites for hydroxylation is 1. The molecule has 8 nitrogen and oxygen atoms in total. The third-order valence-electron chi connectivity index (χ3n) is 7.17. The molecular weight excluding hydrogens is 610 g/mol. The Morgan fingerprint density at radius 3 is 2.18 bits per heavy atom. The minimum Gasteiger partial charge on any atom is -0.497 e. The fourth-order valence-electron chi connectivity index (χ4n) is 4.90. The van der Waals surface area contributed by atoms with Crippen LogP contribution in [-0.4, -0.2) is 50.9 Å². The van der Waals surface area contributed by atoms with Crippen LogP contribution >= 0.6 is 11.6 Å². The van der Waals surface area contributed by atoms with Crippen LogP contribution in [0.5, 0.6) is 5.75 Å². The molecule has 0 aliphatic rings. The molecule has 0 aliphatic heterocycles. The zero-order valence-electron chi connectivity index (χ0n) is 25.8. The molecule has 1 atom stereocenters. The number of benzene rings is 4. The molecule has 0 fully saturated rings. The van der Waals surface area contributed by atoms with E-state index in [9.17, 15) is 18.0 Å². The summed E-state index contributed by atoms with van der Waals surface area (Å²) in [6, 6.07) is 28.3. The number of nitrogens with one attached hydrogen (secondary N) is 1. The highest BCUT2D eigenvalue weighted by molar-refractivity contribution is 7.92. The molecule has 4 aromatic carbocycles. The van der Waals surface area contributed by atoms with E-state index in [2.05, 4.69) is 5.32 Å². The normalized spacial score (nSPS) is 12.0. The molecule has 0 heterocycles. The summed E-state index contributed by atoms with van der Waals surface area (Å²) in [6.07, 6.45) is 0.219. The molecule has 0 radical (unpaired) electrons. The SMILES string of the molecule is COc1cccc(CN(C(=O)CN(c2cccc(Cl)c2)S(=O)(=O)c2ccc(C)cc2)[C@@H](Cc2ccccc2)C(=O)NC(C)C)c1. The molecule has 2 amide bonds. The summed E-state index contributed by atoms with van der Waals surface area (Å²) >= 11 is 6.29. The van der Waals surface area contributed by atoms with Gasteiger partial charge in [-0.15, -0.1) is 0 Å². The number of sulfonamides is 1. The predicted molar refractivity (Wildman–Crippen MR) is 178 cm³/mol. The second kappa shape index (κ2) is 15.1. The molecule has 4 aromatic rings. The van der Waals surface area contributed by atoms with Gasteiger partial charge in [-0.05, 0) is 74.4 Å². The Labute approximate surface area is 270 Å². The van der Waals surface area contributed by atoms with Crippen LogP contribution in [0.2, 0.25) is 5.02 Å². The van der Waals surface area contributed by atoms with Crippen molar-refractivity contribution in [2.75, 3.05) is 18.0 Å². The summed E-state index contributed by atoms with van der Waals surface area (Å²) in [7, 11) is -2.67. The standard InChI is InChI=1S/C35H38ClN3O5S/c1-25(2)37-35(41)33(21-27-10-6-5-7-11-27)38(23-28-12-8-15-31(20-28)44-4)34(40)24-39(30-14-9-13-29(36)22-30)45(42,43)32-18-16-26(3)17-19-32/h5-20,22,25,33H,21,23-24H2,1-4H3,(H,37,41)/t33-/m0/s1. The van der Waals surface area contributed by atoms with Crippen molar-refractivity contribution >= 4 is 39.1 Å². The van der Waals surface area contributed by atoms with Crippen LogP contribution in [0.1, 0.15) is 30.5 Å². The molecule has 10 heteroatoms. The number of halogens is 1. The van der Waals surface area contributed by atoms with Crippen LogP contribution in [0.3, 0.4) is 0 Å². The number of carbonyl (C=O) groups excluding carboxylic acids is 2. The van der Waals surface area contributed by atoms with E-state index in [1.54, 1.807) is 55.6 Å². The number of ether oxygens (including phenoxy) is 1. The van der Waals surface area contributed by atoms with Crippen molar-refractivity contribution in [3.63, 3.8) is 0 Å². The van der Waals surface area contributed by atoms with Gasteiger partial charge in [-0.1, -0.05) is 77.8 Å². The smallest absolute Gasteiger partial charge is 0.264 e. The van der Waals surface area contributed by atoms with Crippen molar-refractivity contribution in [1.29, 1.82) is 0 Å². The maximum absolute atomic E-state index is 14.5. The van der Waals surface area contributed by atoms with E-state index >= 15 is 0 Å². The molecule has 0 unspecified atom stereocenters. The van der Waals surface area contributed by atoms with E-state index in [-0.39, 0.29) is 35.5 Å².